The van der Waals surface area contributed by atoms with Crippen LogP contribution in [0.2, 0.25) is 0 Å². The molecule has 0 aromatic heterocycles. The van der Waals surface area contributed by atoms with Gasteiger partial charge in [-0.1, -0.05) is 0 Å². The van der Waals surface area contributed by atoms with E-state index in [1.54, 1.807) is 0 Å². The van der Waals surface area contributed by atoms with Crippen LogP contribution in [0.15, 0.2) is 0 Å². The second-order valence-electron chi connectivity index (χ2n) is 5.60. The lowest BCUT2D eigenvalue weighted by atomic mass is 9.96. The minimum Gasteiger partial charge on any atom is -0.356 e. The fourth-order valence-electron chi connectivity index (χ4n) is 2.87. The first kappa shape index (κ1) is 14.3. The van der Waals surface area contributed by atoms with Gasteiger partial charge < -0.3 is 15.5 Å². The normalized spacial score (nSPS) is 23.4. The van der Waals surface area contributed by atoms with E-state index in [4.69, 9.17) is 0 Å². The Morgan fingerprint density at radius 1 is 1.21 bits per heavy atom. The largest absolute Gasteiger partial charge is 0.356 e. The fourth-order valence-corrected chi connectivity index (χ4v) is 2.87. The molecule has 0 bridgehead atoms. The van der Waals surface area contributed by atoms with Crippen LogP contribution in [-0.4, -0.2) is 49.4 Å². The number of hydrogen-bond acceptors (Lipinski definition) is 3. The third-order valence-corrected chi connectivity index (χ3v) is 3.99. The van der Waals surface area contributed by atoms with E-state index in [9.17, 15) is 9.59 Å². The van der Waals surface area contributed by atoms with Crippen molar-refractivity contribution in [2.75, 3.05) is 32.7 Å². The molecule has 5 nitrogen and oxygen atoms in total. The minimum atomic E-state index is 0.0860. The van der Waals surface area contributed by atoms with Crippen molar-refractivity contribution in [2.24, 2.45) is 5.92 Å². The number of nitrogens with zero attached hydrogens (tertiary/aromatic N) is 1. The number of carbonyl (C=O) groups is 2. The van der Waals surface area contributed by atoms with Crippen molar-refractivity contribution < 1.29 is 9.59 Å². The zero-order chi connectivity index (χ0) is 13.5. The smallest absolute Gasteiger partial charge is 0.224 e. The molecule has 2 aliphatic rings. The Balaban J connectivity index is 1.56. The van der Waals surface area contributed by atoms with E-state index < -0.39 is 0 Å². The maximum Gasteiger partial charge on any atom is 0.224 e. The average molecular weight is 267 g/mol. The topological polar surface area (TPSA) is 61.4 Å². The highest BCUT2D eigenvalue weighted by Gasteiger charge is 2.19. The van der Waals surface area contributed by atoms with Crippen LogP contribution < -0.4 is 10.6 Å². The first-order valence-corrected chi connectivity index (χ1v) is 7.51. The van der Waals surface area contributed by atoms with E-state index in [1.165, 1.54) is 0 Å². The SMILES string of the molecule is O=C(CC1CCCNC1)NCCC(=O)N1CCCC1. The predicted molar refractivity (Wildman–Crippen MR) is 73.7 cm³/mol. The van der Waals surface area contributed by atoms with E-state index in [2.05, 4.69) is 10.6 Å². The number of carbonyl (C=O) groups excluding carboxylic acids is 2. The summed E-state index contributed by atoms with van der Waals surface area (Å²) < 4.78 is 0. The molecule has 1 unspecified atom stereocenters. The van der Waals surface area contributed by atoms with Crippen LogP contribution in [0.3, 0.4) is 0 Å². The molecule has 2 saturated heterocycles. The van der Waals surface area contributed by atoms with Crippen LogP contribution in [0.4, 0.5) is 0 Å². The summed E-state index contributed by atoms with van der Waals surface area (Å²) in [6.07, 6.45) is 5.55. The van der Waals surface area contributed by atoms with Gasteiger partial charge in [-0.05, 0) is 44.7 Å². The molecule has 0 spiro atoms. The molecule has 0 aromatic rings. The monoisotopic (exact) mass is 267 g/mol. The van der Waals surface area contributed by atoms with Crippen molar-refractivity contribution in [1.82, 2.24) is 15.5 Å². The lowest BCUT2D eigenvalue weighted by Gasteiger charge is -2.22. The summed E-state index contributed by atoms with van der Waals surface area (Å²) in [5, 5.41) is 6.18. The molecule has 2 rings (SSSR count). The molecule has 2 N–H and O–H groups in total. The number of rotatable bonds is 5. The van der Waals surface area contributed by atoms with E-state index >= 15 is 0 Å². The lowest BCUT2D eigenvalue weighted by Crippen LogP contribution is -2.36. The van der Waals surface area contributed by atoms with Crippen molar-refractivity contribution in [1.29, 1.82) is 0 Å². The van der Waals surface area contributed by atoms with Crippen molar-refractivity contribution in [3.8, 4) is 0 Å². The lowest BCUT2D eigenvalue weighted by molar-refractivity contribution is -0.130. The Morgan fingerprint density at radius 2 is 2.00 bits per heavy atom. The maximum atomic E-state index is 11.8. The van der Waals surface area contributed by atoms with Crippen LogP contribution in [0.25, 0.3) is 0 Å². The molecule has 2 aliphatic heterocycles. The Hall–Kier alpha value is -1.10. The van der Waals surface area contributed by atoms with Crippen molar-refractivity contribution in [2.45, 2.75) is 38.5 Å². The molecule has 2 amide bonds. The average Bonchev–Trinajstić information content (AvgIpc) is 2.93. The van der Waals surface area contributed by atoms with E-state index in [0.29, 0.717) is 25.3 Å². The maximum absolute atomic E-state index is 11.8. The van der Waals surface area contributed by atoms with Gasteiger partial charge in [-0.3, -0.25) is 9.59 Å². The second kappa shape index (κ2) is 7.48. The Morgan fingerprint density at radius 3 is 2.68 bits per heavy atom. The van der Waals surface area contributed by atoms with Gasteiger partial charge in [0, 0.05) is 32.5 Å². The molecule has 0 radical (unpaired) electrons. The van der Waals surface area contributed by atoms with Gasteiger partial charge in [0.15, 0.2) is 0 Å². The summed E-state index contributed by atoms with van der Waals surface area (Å²) in [6, 6.07) is 0. The third kappa shape index (κ3) is 4.82. The van der Waals surface area contributed by atoms with Crippen molar-refractivity contribution in [3.63, 3.8) is 0 Å². The summed E-state index contributed by atoms with van der Waals surface area (Å²) in [6.45, 7) is 4.28. The molecule has 0 saturated carbocycles. The molecule has 5 heteroatoms. The minimum absolute atomic E-state index is 0.0860. The highest BCUT2D eigenvalue weighted by Crippen LogP contribution is 2.13. The quantitative estimate of drug-likeness (QED) is 0.763. The summed E-state index contributed by atoms with van der Waals surface area (Å²) in [7, 11) is 0. The Labute approximate surface area is 115 Å². The van der Waals surface area contributed by atoms with Gasteiger partial charge in [0.05, 0.1) is 0 Å². The molecule has 0 aromatic carbocycles. The van der Waals surface area contributed by atoms with E-state index in [1.807, 2.05) is 4.90 Å². The van der Waals surface area contributed by atoms with Crippen LogP contribution in [0, 0.1) is 5.92 Å². The fraction of sp³-hybridized carbons (Fsp3) is 0.857. The van der Waals surface area contributed by atoms with E-state index in [-0.39, 0.29) is 11.8 Å². The van der Waals surface area contributed by atoms with Gasteiger partial charge in [0.1, 0.15) is 0 Å². The van der Waals surface area contributed by atoms with E-state index in [0.717, 1.165) is 51.9 Å². The summed E-state index contributed by atoms with van der Waals surface area (Å²) in [5.74, 6) is 0.725. The number of nitrogens with one attached hydrogen (secondary N) is 2. The highest BCUT2D eigenvalue weighted by molar-refractivity contribution is 5.79. The Bertz CT molecular complexity index is 308. The first-order valence-electron chi connectivity index (χ1n) is 7.51. The predicted octanol–water partition coefficient (Wildman–Crippen LogP) is 0.505. The number of amides is 2. The number of hydrogen-bond donors (Lipinski definition) is 2. The van der Waals surface area contributed by atoms with Gasteiger partial charge in [-0.25, -0.2) is 0 Å². The van der Waals surface area contributed by atoms with Gasteiger partial charge in [0.2, 0.25) is 11.8 Å². The number of likely N-dealkylation sites (tertiary alicyclic amines) is 1. The molecule has 0 aliphatic carbocycles. The van der Waals surface area contributed by atoms with Gasteiger partial charge in [-0.2, -0.15) is 0 Å². The first-order chi connectivity index (χ1) is 9.25. The zero-order valence-corrected chi connectivity index (χ0v) is 11.6. The van der Waals surface area contributed by atoms with Crippen molar-refractivity contribution in [3.05, 3.63) is 0 Å². The summed E-state index contributed by atoms with van der Waals surface area (Å²) in [5.41, 5.74) is 0. The highest BCUT2D eigenvalue weighted by atomic mass is 16.2. The van der Waals surface area contributed by atoms with Crippen LogP contribution >= 0.6 is 0 Å². The zero-order valence-electron chi connectivity index (χ0n) is 11.6. The molecule has 19 heavy (non-hydrogen) atoms. The van der Waals surface area contributed by atoms with Crippen molar-refractivity contribution >= 4 is 11.8 Å². The summed E-state index contributed by atoms with van der Waals surface area (Å²) >= 11 is 0. The Kier molecular flexibility index (Phi) is 5.63. The third-order valence-electron chi connectivity index (χ3n) is 3.99. The standard InChI is InChI=1S/C14H25N3O2/c18-13(10-12-4-3-6-15-11-12)16-7-5-14(19)17-8-1-2-9-17/h12,15H,1-11H2,(H,16,18). The summed E-state index contributed by atoms with van der Waals surface area (Å²) in [4.78, 5) is 25.4. The number of piperidine rings is 1. The van der Waals surface area contributed by atoms with Crippen LogP contribution in [-0.2, 0) is 9.59 Å². The molecule has 2 fully saturated rings. The second-order valence-corrected chi connectivity index (χ2v) is 5.60. The van der Waals surface area contributed by atoms with Crippen LogP contribution in [0.5, 0.6) is 0 Å². The van der Waals surface area contributed by atoms with Gasteiger partial charge in [0.25, 0.3) is 0 Å². The van der Waals surface area contributed by atoms with Crippen LogP contribution in [0.1, 0.15) is 38.5 Å². The molecular weight excluding hydrogens is 242 g/mol. The van der Waals surface area contributed by atoms with Gasteiger partial charge in [-0.15, -0.1) is 0 Å². The van der Waals surface area contributed by atoms with Gasteiger partial charge >= 0.3 is 0 Å². The molecule has 2 heterocycles. The molecular formula is C14H25N3O2. The molecule has 108 valence electrons. The molecule has 1 atom stereocenters.